The SMILES string of the molecule is CC(=O)OC1C(=O)[C@]2(C)C(O)CC3OC[C@@]3(OC(C)=O)C2C(OC(=O)c2ccccc2)C2(O)CC(OC(=O)C(O)C(C=C(C)C)NC(=O)OCc3ccccc3)C(C)=C1C2(C)C. The topological polar surface area (TPSA) is 231 Å². The second kappa shape index (κ2) is 17.4. The minimum atomic E-state index is -2.39. The molecule has 6 rings (SSSR count). The van der Waals surface area contributed by atoms with Crippen molar-refractivity contribution in [3.63, 3.8) is 0 Å². The fraction of sp³-hybridized carbons (Fsp3) is 0.522. The number of nitrogens with one attached hydrogen (secondary N) is 1. The number of Topliss-reactive ketones (excluding diaryl/α,β-unsaturated/α-hetero) is 1. The maximum atomic E-state index is 15.4. The zero-order valence-electron chi connectivity index (χ0n) is 36.0. The Morgan fingerprint density at radius 3 is 2.11 bits per heavy atom. The van der Waals surface area contributed by atoms with Crippen molar-refractivity contribution in [3.8, 4) is 0 Å². The second-order valence-corrected chi connectivity index (χ2v) is 17.6. The van der Waals surface area contributed by atoms with Crippen LogP contribution in [-0.4, -0.2) is 112 Å². The summed E-state index contributed by atoms with van der Waals surface area (Å²) in [7, 11) is 0. The monoisotopic (exact) mass is 861 g/mol. The minimum Gasteiger partial charge on any atom is -0.456 e. The van der Waals surface area contributed by atoms with Crippen LogP contribution in [0.15, 0.2) is 83.5 Å². The molecule has 3 aliphatic carbocycles. The number of aliphatic hydroxyl groups is 3. The number of benzene rings is 2. The zero-order chi connectivity index (χ0) is 45.5. The Balaban J connectivity index is 1.48. The molecule has 3 fully saturated rings. The van der Waals surface area contributed by atoms with Crippen molar-refractivity contribution in [2.24, 2.45) is 16.7 Å². The number of carbonyl (C=O) groups excluding carboxylic acids is 6. The summed E-state index contributed by atoms with van der Waals surface area (Å²) in [4.78, 5) is 82.6. The molecule has 16 heteroatoms. The normalized spacial score (nSPS) is 31.8. The van der Waals surface area contributed by atoms with E-state index in [1.165, 1.54) is 32.1 Å². The van der Waals surface area contributed by atoms with Crippen molar-refractivity contribution in [1.82, 2.24) is 5.32 Å². The van der Waals surface area contributed by atoms with Gasteiger partial charge in [0.1, 0.15) is 30.5 Å². The van der Waals surface area contributed by atoms with Crippen LogP contribution in [0.3, 0.4) is 0 Å². The third kappa shape index (κ3) is 8.16. The molecule has 1 amide bonds. The van der Waals surface area contributed by atoms with Crippen LogP contribution in [0, 0.1) is 16.7 Å². The molecule has 1 aliphatic heterocycles. The summed E-state index contributed by atoms with van der Waals surface area (Å²) in [5.41, 5.74) is -6.36. The highest BCUT2D eigenvalue weighted by atomic mass is 16.6. The summed E-state index contributed by atoms with van der Waals surface area (Å²) in [5.74, 6) is -6.29. The number of allylic oxidation sites excluding steroid dienone is 1. The number of amides is 1. The third-order valence-electron chi connectivity index (χ3n) is 13.0. The first-order chi connectivity index (χ1) is 29.1. The second-order valence-electron chi connectivity index (χ2n) is 17.6. The van der Waals surface area contributed by atoms with Crippen molar-refractivity contribution in [2.75, 3.05) is 6.61 Å². The van der Waals surface area contributed by atoms with Gasteiger partial charge >= 0.3 is 30.0 Å². The molecule has 1 heterocycles. The molecular weight excluding hydrogens is 806 g/mol. The Hall–Kier alpha value is -5.42. The summed E-state index contributed by atoms with van der Waals surface area (Å²) in [6, 6.07) is 15.3. The van der Waals surface area contributed by atoms with Gasteiger partial charge in [0.2, 0.25) is 0 Å². The first kappa shape index (κ1) is 46.1. The predicted molar refractivity (Wildman–Crippen MR) is 218 cm³/mol. The van der Waals surface area contributed by atoms with Gasteiger partial charge in [-0.2, -0.15) is 0 Å². The maximum Gasteiger partial charge on any atom is 0.408 e. The van der Waals surface area contributed by atoms with Gasteiger partial charge in [0.15, 0.2) is 23.6 Å². The highest BCUT2D eigenvalue weighted by Gasteiger charge is 2.78. The molecule has 4 N–H and O–H groups in total. The average molecular weight is 862 g/mol. The van der Waals surface area contributed by atoms with E-state index in [0.29, 0.717) is 11.1 Å². The van der Waals surface area contributed by atoms with E-state index in [9.17, 15) is 39.3 Å². The highest BCUT2D eigenvalue weighted by Crippen LogP contribution is 2.64. The summed E-state index contributed by atoms with van der Waals surface area (Å²) in [6.07, 6.45) is -10.1. The summed E-state index contributed by atoms with van der Waals surface area (Å²) >= 11 is 0. The van der Waals surface area contributed by atoms with Gasteiger partial charge < -0.3 is 49.1 Å². The molecule has 2 bridgehead atoms. The predicted octanol–water partition coefficient (Wildman–Crippen LogP) is 3.83. The summed E-state index contributed by atoms with van der Waals surface area (Å²) in [5, 5.41) is 39.7. The number of hydrogen-bond donors (Lipinski definition) is 4. The van der Waals surface area contributed by atoms with Crippen LogP contribution in [-0.2, 0) is 54.2 Å². The Kier molecular flexibility index (Phi) is 12.9. The van der Waals surface area contributed by atoms with Gasteiger partial charge in [0.05, 0.1) is 35.6 Å². The molecule has 0 spiro atoms. The van der Waals surface area contributed by atoms with Crippen LogP contribution < -0.4 is 5.32 Å². The molecule has 4 aliphatic rings. The molecule has 1 saturated heterocycles. The largest absolute Gasteiger partial charge is 0.456 e. The van der Waals surface area contributed by atoms with E-state index in [-0.39, 0.29) is 36.3 Å². The van der Waals surface area contributed by atoms with Crippen molar-refractivity contribution in [1.29, 1.82) is 0 Å². The van der Waals surface area contributed by atoms with E-state index in [4.69, 9.17) is 28.4 Å². The van der Waals surface area contributed by atoms with E-state index in [1.54, 1.807) is 76.2 Å². The Morgan fingerprint density at radius 2 is 1.55 bits per heavy atom. The number of aliphatic hydroxyl groups excluding tert-OH is 2. The van der Waals surface area contributed by atoms with Gasteiger partial charge in [-0.15, -0.1) is 0 Å². The number of esters is 4. The number of ketones is 1. The number of fused-ring (bicyclic) bond motifs is 5. The molecule has 9 unspecified atom stereocenters. The van der Waals surface area contributed by atoms with Crippen LogP contribution in [0.2, 0.25) is 0 Å². The van der Waals surface area contributed by atoms with Crippen LogP contribution in [0.4, 0.5) is 4.79 Å². The van der Waals surface area contributed by atoms with Gasteiger partial charge in [-0.25, -0.2) is 14.4 Å². The fourth-order valence-electron chi connectivity index (χ4n) is 9.85. The fourth-order valence-corrected chi connectivity index (χ4v) is 9.85. The standard InChI is InChI=1S/C46H55NO15/c1-24(2)19-30(47-42(55)57-22-28-15-11-9-12-16-28)35(51)41(54)60-31-21-46(56)39(61-40(53)29-17-13-10-14-18-29)37-44(8,32(50)20-33-45(37,23-58-33)62-27(5)49)38(52)36(59-26(4)48)34(25(31)3)43(46,6)7/h9-19,30-33,35-37,39,50-51,56H,20-23H2,1-8H3,(H,47,55)/t30?,31?,32?,33?,35?,36?,37?,39?,44-,45+,46?/m1/s1. The average Bonchev–Trinajstić information content (AvgIpc) is 3.20. The van der Waals surface area contributed by atoms with Crippen LogP contribution in [0.25, 0.3) is 0 Å². The number of ether oxygens (including phenoxy) is 6. The van der Waals surface area contributed by atoms with E-state index in [0.717, 1.165) is 13.8 Å². The van der Waals surface area contributed by atoms with E-state index >= 15 is 4.79 Å². The van der Waals surface area contributed by atoms with E-state index in [2.05, 4.69) is 5.32 Å². The lowest BCUT2D eigenvalue weighted by Crippen LogP contribution is -2.82. The van der Waals surface area contributed by atoms with E-state index in [1.807, 2.05) is 0 Å². The van der Waals surface area contributed by atoms with Crippen molar-refractivity contribution in [3.05, 3.63) is 94.6 Å². The van der Waals surface area contributed by atoms with Gasteiger partial charge in [-0.3, -0.25) is 14.4 Å². The summed E-state index contributed by atoms with van der Waals surface area (Å²) in [6.45, 7) is 11.2. The Bertz CT molecular complexity index is 2150. The summed E-state index contributed by atoms with van der Waals surface area (Å²) < 4.78 is 35.4. The van der Waals surface area contributed by atoms with Crippen molar-refractivity contribution >= 4 is 35.8 Å². The third-order valence-corrected chi connectivity index (χ3v) is 13.0. The number of carbonyl (C=O) groups is 6. The zero-order valence-corrected chi connectivity index (χ0v) is 36.0. The molecule has 11 atom stereocenters. The van der Waals surface area contributed by atoms with Crippen LogP contribution in [0.5, 0.6) is 0 Å². The first-order valence-corrected chi connectivity index (χ1v) is 20.5. The maximum absolute atomic E-state index is 15.4. The lowest BCUT2D eigenvalue weighted by Gasteiger charge is -2.67. The lowest BCUT2D eigenvalue weighted by atomic mass is 9.44. The molecule has 2 saturated carbocycles. The molecular formula is C46H55NO15. The van der Waals surface area contributed by atoms with E-state index < -0.39 is 113 Å². The van der Waals surface area contributed by atoms with Crippen molar-refractivity contribution in [2.45, 2.75) is 129 Å². The van der Waals surface area contributed by atoms with Gasteiger partial charge in [0.25, 0.3) is 0 Å². The lowest BCUT2D eigenvalue weighted by molar-refractivity contribution is -0.346. The molecule has 0 radical (unpaired) electrons. The highest BCUT2D eigenvalue weighted by molar-refractivity contribution is 5.95. The molecule has 334 valence electrons. The Labute approximate surface area is 359 Å². The van der Waals surface area contributed by atoms with Crippen LogP contribution in [0.1, 0.15) is 84.2 Å². The molecule has 2 aromatic rings. The molecule has 16 nitrogen and oxygen atoms in total. The quantitative estimate of drug-likeness (QED) is 0.143. The van der Waals surface area contributed by atoms with Gasteiger partial charge in [-0.1, -0.05) is 74.0 Å². The molecule has 62 heavy (non-hydrogen) atoms. The van der Waals surface area contributed by atoms with Gasteiger partial charge in [-0.05, 0) is 56.5 Å². The smallest absolute Gasteiger partial charge is 0.408 e. The van der Waals surface area contributed by atoms with Crippen molar-refractivity contribution < 1.29 is 72.5 Å². The van der Waals surface area contributed by atoms with Crippen LogP contribution >= 0.6 is 0 Å². The number of hydrogen-bond acceptors (Lipinski definition) is 15. The van der Waals surface area contributed by atoms with Gasteiger partial charge in [0, 0.05) is 32.1 Å². The molecule has 2 aromatic carbocycles. The minimum absolute atomic E-state index is 0.0108. The number of rotatable bonds is 11. The first-order valence-electron chi connectivity index (χ1n) is 20.5. The Morgan fingerprint density at radius 1 is 0.919 bits per heavy atom. The number of alkyl carbamates (subject to hydrolysis) is 1. The molecule has 0 aromatic heterocycles.